The zero-order valence-electron chi connectivity index (χ0n) is 13.5. The maximum absolute atomic E-state index is 12.7. The van der Waals surface area contributed by atoms with Crippen molar-refractivity contribution in [1.82, 2.24) is 0 Å². The number of hydrogen-bond acceptors (Lipinski definition) is 1. The van der Waals surface area contributed by atoms with Gasteiger partial charge in [0.25, 0.3) is 0 Å². The van der Waals surface area contributed by atoms with Crippen LogP contribution < -0.4 is 0 Å². The third-order valence-electron chi connectivity index (χ3n) is 4.73. The van der Waals surface area contributed by atoms with Crippen molar-refractivity contribution in [2.24, 2.45) is 11.8 Å². The average Bonchev–Trinajstić information content (AvgIpc) is 2.48. The molecule has 0 spiro atoms. The molecule has 0 heterocycles. The van der Waals surface area contributed by atoms with Gasteiger partial charge in [-0.25, -0.2) is 0 Å². The first-order valence-corrected chi connectivity index (χ1v) is 8.46. The predicted molar refractivity (Wildman–Crippen MR) is 89.3 cm³/mol. The molecule has 0 N–H and O–H groups in total. The highest BCUT2D eigenvalue weighted by atomic mass is 16.1. The number of Topliss-reactive ketones (excluding diaryl/α,β-unsaturated/α-hetero) is 1. The molecule has 0 aromatic heterocycles. The van der Waals surface area contributed by atoms with Crippen LogP contribution in [0, 0.1) is 11.8 Å². The first-order chi connectivity index (χ1) is 10.2. The van der Waals surface area contributed by atoms with E-state index in [1.54, 1.807) is 5.57 Å². The number of hydrogen-bond donors (Lipinski definition) is 0. The van der Waals surface area contributed by atoms with Gasteiger partial charge in [0.1, 0.15) is 5.78 Å². The molecule has 2 rings (SSSR count). The maximum Gasteiger partial charge on any atom is 0.139 e. The van der Waals surface area contributed by atoms with Crippen molar-refractivity contribution in [3.05, 3.63) is 47.5 Å². The fourth-order valence-electron chi connectivity index (χ4n) is 3.35. The Hall–Kier alpha value is -1.37. The van der Waals surface area contributed by atoms with Gasteiger partial charge in [-0.15, -0.1) is 0 Å². The van der Waals surface area contributed by atoms with Crippen LogP contribution in [-0.2, 0) is 11.2 Å². The molecule has 21 heavy (non-hydrogen) atoms. The van der Waals surface area contributed by atoms with Crippen LogP contribution in [0.5, 0.6) is 0 Å². The summed E-state index contributed by atoms with van der Waals surface area (Å²) in [7, 11) is 0. The lowest BCUT2D eigenvalue weighted by Crippen LogP contribution is -2.24. The number of carbonyl (C=O) groups is 1. The van der Waals surface area contributed by atoms with Crippen molar-refractivity contribution in [2.45, 2.75) is 58.8 Å². The summed E-state index contributed by atoms with van der Waals surface area (Å²) >= 11 is 0. The highest BCUT2D eigenvalue weighted by Crippen LogP contribution is 2.27. The van der Waals surface area contributed by atoms with Crippen molar-refractivity contribution in [2.75, 3.05) is 0 Å². The van der Waals surface area contributed by atoms with E-state index in [2.05, 4.69) is 44.2 Å². The number of allylic oxidation sites excluding steroid dienone is 2. The lowest BCUT2D eigenvalue weighted by molar-refractivity contribution is -0.126. The fraction of sp³-hybridized carbons (Fsp3) is 0.550. The minimum absolute atomic E-state index is 0.144. The van der Waals surface area contributed by atoms with Gasteiger partial charge in [-0.05, 0) is 50.5 Å². The van der Waals surface area contributed by atoms with E-state index in [0.717, 1.165) is 44.9 Å². The maximum atomic E-state index is 12.7. The molecule has 114 valence electrons. The molecule has 0 radical (unpaired) electrons. The molecule has 0 saturated carbocycles. The smallest absolute Gasteiger partial charge is 0.139 e. The van der Waals surface area contributed by atoms with Crippen LogP contribution in [0.1, 0.15) is 57.9 Å². The fourth-order valence-corrected chi connectivity index (χ4v) is 3.35. The van der Waals surface area contributed by atoms with E-state index in [9.17, 15) is 4.79 Å². The third kappa shape index (κ3) is 4.84. The first kappa shape index (κ1) is 16.0. The topological polar surface area (TPSA) is 17.1 Å². The predicted octanol–water partition coefficient (Wildman–Crippen LogP) is 5.35. The van der Waals surface area contributed by atoms with Gasteiger partial charge in [0.15, 0.2) is 0 Å². The van der Waals surface area contributed by atoms with Crippen LogP contribution in [0.4, 0.5) is 0 Å². The Morgan fingerprint density at radius 2 is 2.00 bits per heavy atom. The molecule has 1 nitrogen and oxygen atoms in total. The number of benzene rings is 1. The van der Waals surface area contributed by atoms with E-state index in [4.69, 9.17) is 0 Å². The van der Waals surface area contributed by atoms with Gasteiger partial charge in [-0.1, -0.05) is 55.8 Å². The molecule has 0 bridgehead atoms. The standard InChI is InChI=1S/C20H28O/c1-3-17-9-7-8-12-19(14-13-17)20(21)16(2)15-18-10-5-4-6-11-18/h4-6,9-11,16,19H,3,7-8,12-15H2,1-2H3. The number of ketones is 1. The van der Waals surface area contributed by atoms with Gasteiger partial charge < -0.3 is 0 Å². The molecule has 1 aliphatic rings. The summed E-state index contributed by atoms with van der Waals surface area (Å²) < 4.78 is 0. The van der Waals surface area contributed by atoms with Crippen LogP contribution in [0.3, 0.4) is 0 Å². The molecular weight excluding hydrogens is 256 g/mol. The summed E-state index contributed by atoms with van der Waals surface area (Å²) in [6.45, 7) is 4.33. The Labute approximate surface area is 129 Å². The second-order valence-electron chi connectivity index (χ2n) is 6.38. The first-order valence-electron chi connectivity index (χ1n) is 8.46. The molecule has 1 aromatic carbocycles. The monoisotopic (exact) mass is 284 g/mol. The molecule has 0 aliphatic heterocycles. The Kier molecular flexibility index (Phi) is 6.22. The summed E-state index contributed by atoms with van der Waals surface area (Å²) in [5.74, 6) is 0.904. The van der Waals surface area contributed by atoms with Crippen molar-refractivity contribution < 1.29 is 4.79 Å². The second-order valence-corrected chi connectivity index (χ2v) is 6.38. The Morgan fingerprint density at radius 1 is 1.24 bits per heavy atom. The molecule has 2 unspecified atom stereocenters. The van der Waals surface area contributed by atoms with Crippen molar-refractivity contribution in [3.8, 4) is 0 Å². The van der Waals surface area contributed by atoms with Crippen LogP contribution in [0.25, 0.3) is 0 Å². The van der Waals surface area contributed by atoms with Crippen LogP contribution in [0.2, 0.25) is 0 Å². The van der Waals surface area contributed by atoms with Gasteiger partial charge in [0, 0.05) is 11.8 Å². The third-order valence-corrected chi connectivity index (χ3v) is 4.73. The van der Waals surface area contributed by atoms with Gasteiger partial charge in [-0.3, -0.25) is 4.79 Å². The van der Waals surface area contributed by atoms with Crippen LogP contribution in [-0.4, -0.2) is 5.78 Å². The highest BCUT2D eigenvalue weighted by Gasteiger charge is 2.24. The van der Waals surface area contributed by atoms with Crippen molar-refractivity contribution in [3.63, 3.8) is 0 Å². The largest absolute Gasteiger partial charge is 0.299 e. The van der Waals surface area contributed by atoms with E-state index < -0.39 is 0 Å². The molecule has 2 atom stereocenters. The number of carbonyl (C=O) groups excluding carboxylic acids is 1. The average molecular weight is 284 g/mol. The lowest BCUT2D eigenvalue weighted by Gasteiger charge is -2.22. The normalized spacial score (nSPS) is 21.0. The minimum atomic E-state index is 0.144. The highest BCUT2D eigenvalue weighted by molar-refractivity contribution is 5.83. The Morgan fingerprint density at radius 3 is 2.71 bits per heavy atom. The van der Waals surface area contributed by atoms with E-state index in [1.807, 2.05) is 6.07 Å². The summed E-state index contributed by atoms with van der Waals surface area (Å²) in [4.78, 5) is 12.7. The number of rotatable bonds is 5. The summed E-state index contributed by atoms with van der Waals surface area (Å²) in [5, 5.41) is 0. The van der Waals surface area contributed by atoms with Crippen LogP contribution >= 0.6 is 0 Å². The van der Waals surface area contributed by atoms with Crippen molar-refractivity contribution >= 4 is 5.78 Å². The summed E-state index contributed by atoms with van der Waals surface area (Å²) in [6.07, 6.45) is 9.98. The summed E-state index contributed by atoms with van der Waals surface area (Å²) in [5.41, 5.74) is 2.82. The molecule has 0 amide bonds. The van der Waals surface area contributed by atoms with Crippen molar-refractivity contribution in [1.29, 1.82) is 0 Å². The van der Waals surface area contributed by atoms with E-state index in [-0.39, 0.29) is 11.8 Å². The van der Waals surface area contributed by atoms with Gasteiger partial charge in [-0.2, -0.15) is 0 Å². The van der Waals surface area contributed by atoms with E-state index in [0.29, 0.717) is 5.78 Å². The molecule has 1 heteroatoms. The molecule has 1 aromatic rings. The quantitative estimate of drug-likeness (QED) is 0.666. The SMILES string of the molecule is CCC1=CCCCC(C(=O)C(C)Cc2ccccc2)CC1. The zero-order valence-corrected chi connectivity index (χ0v) is 13.5. The van der Waals surface area contributed by atoms with Gasteiger partial charge in [0.2, 0.25) is 0 Å². The summed E-state index contributed by atoms with van der Waals surface area (Å²) in [6, 6.07) is 10.4. The minimum Gasteiger partial charge on any atom is -0.299 e. The molecular formula is C20H28O. The molecule has 0 saturated heterocycles. The van der Waals surface area contributed by atoms with Crippen LogP contribution in [0.15, 0.2) is 42.0 Å². The second kappa shape index (κ2) is 8.17. The van der Waals surface area contributed by atoms with E-state index in [1.165, 1.54) is 5.56 Å². The lowest BCUT2D eigenvalue weighted by atomic mass is 9.81. The Bertz CT molecular complexity index is 472. The molecule has 1 aliphatic carbocycles. The zero-order chi connectivity index (χ0) is 15.1. The Balaban J connectivity index is 1.93. The van der Waals surface area contributed by atoms with E-state index >= 15 is 0 Å². The molecule has 0 fully saturated rings. The van der Waals surface area contributed by atoms with Gasteiger partial charge in [0.05, 0.1) is 0 Å². The van der Waals surface area contributed by atoms with Gasteiger partial charge >= 0.3 is 0 Å².